The summed E-state index contributed by atoms with van der Waals surface area (Å²) in [7, 11) is 0. The summed E-state index contributed by atoms with van der Waals surface area (Å²) in [6, 6.07) is 34.1. The van der Waals surface area contributed by atoms with Crippen LogP contribution < -0.4 is 18.9 Å². The zero-order valence-corrected chi connectivity index (χ0v) is 66.5. The molecule has 0 amide bonds. The lowest BCUT2D eigenvalue weighted by Gasteiger charge is -2.14. The van der Waals surface area contributed by atoms with Gasteiger partial charge < -0.3 is 23.7 Å². The van der Waals surface area contributed by atoms with Gasteiger partial charge in [0.15, 0.2) is 0 Å². The summed E-state index contributed by atoms with van der Waals surface area (Å²) in [4.78, 5) is 33.8. The lowest BCUT2D eigenvalue weighted by Crippen LogP contribution is -2.05. The first-order chi connectivity index (χ1) is 52.9. The first-order valence-electron chi connectivity index (χ1n) is 43.0. The Morgan fingerprint density at radius 2 is 0.486 bits per heavy atom. The molecule has 576 valence electrons. The number of fused-ring (bicyclic) bond motifs is 4. The van der Waals surface area contributed by atoms with E-state index < -0.39 is 0 Å². The molecule has 5 aliphatic heterocycles. The van der Waals surface area contributed by atoms with Crippen molar-refractivity contribution in [3.8, 4) is 23.0 Å². The van der Waals surface area contributed by atoms with E-state index in [1.165, 1.54) is 238 Å². The molecule has 0 radical (unpaired) electrons. The van der Waals surface area contributed by atoms with E-state index in [0.29, 0.717) is 33.0 Å². The number of ether oxygens (including phenoxy) is 5. The second-order valence-corrected chi connectivity index (χ2v) is 30.3. The molecule has 0 N–H and O–H groups in total. The summed E-state index contributed by atoms with van der Waals surface area (Å²) in [5.41, 5.74) is 14.1. The van der Waals surface area contributed by atoms with E-state index in [-0.39, 0.29) is 5.97 Å². The minimum absolute atomic E-state index is 0.188. The second-order valence-electron chi connectivity index (χ2n) is 30.3. The smallest absolute Gasteiger partial charge is 0.302 e. The van der Waals surface area contributed by atoms with Crippen LogP contribution in [0.3, 0.4) is 0 Å². The number of allylic oxidation sites excluding steroid dienone is 12. The van der Waals surface area contributed by atoms with Gasteiger partial charge in [-0.1, -0.05) is 313 Å². The number of nitrogens with zero attached hydrogens (tertiary/aromatic N) is 4. The maximum absolute atomic E-state index is 11.1. The number of hydrogen-bond donors (Lipinski definition) is 0. The van der Waals surface area contributed by atoms with Gasteiger partial charge in [0.1, 0.15) is 23.0 Å². The van der Waals surface area contributed by atoms with Crippen LogP contribution in [0.5, 0.6) is 23.0 Å². The predicted molar refractivity (Wildman–Crippen MR) is 454 cm³/mol. The maximum Gasteiger partial charge on any atom is 0.302 e. The van der Waals surface area contributed by atoms with Gasteiger partial charge in [0.25, 0.3) is 0 Å². The highest BCUT2D eigenvalue weighted by Crippen LogP contribution is 2.41. The van der Waals surface area contributed by atoms with Crippen molar-refractivity contribution in [2.75, 3.05) is 33.0 Å². The van der Waals surface area contributed by atoms with Crippen molar-refractivity contribution in [2.24, 2.45) is 20.0 Å². The Balaban J connectivity index is 1.01. The molecule has 0 fully saturated rings. The molecule has 0 unspecified atom stereocenters. The third kappa shape index (κ3) is 29.6. The Hall–Kier alpha value is -7.85. The SMILES string of the molecule is CCCCCCCCCCCCCOc1cccc(C2=C3C=CC(=N3)C(c3cccc(OCCCCCCCCCCCCC)c3)=C3C=CC(=N3)C(c3cccc(OCCCCCCCCCCCCC)c3)=C3C=CC(=N3)C(c3ccc(OCCCCCCCCCCCCOC(C)=O)cc3)=C3C=CC2=N3)c1. The summed E-state index contributed by atoms with van der Waals surface area (Å²) in [6.45, 7) is 11.6. The van der Waals surface area contributed by atoms with Crippen LogP contribution in [0.2, 0.25) is 0 Å². The van der Waals surface area contributed by atoms with Crippen molar-refractivity contribution in [1.29, 1.82) is 0 Å². The van der Waals surface area contributed by atoms with Crippen LogP contribution >= 0.6 is 0 Å². The molecule has 0 aromatic heterocycles. The fourth-order valence-corrected chi connectivity index (χ4v) is 15.1. The Kier molecular flexibility index (Phi) is 38.9. The van der Waals surface area contributed by atoms with Gasteiger partial charge in [-0.3, -0.25) is 4.79 Å². The van der Waals surface area contributed by atoms with E-state index in [1.54, 1.807) is 0 Å². The second kappa shape index (κ2) is 50.0. The van der Waals surface area contributed by atoms with Gasteiger partial charge in [-0.15, -0.1) is 0 Å². The molecular weight excluding hydrogens is 1320 g/mol. The minimum Gasteiger partial charge on any atom is -0.494 e. The van der Waals surface area contributed by atoms with Gasteiger partial charge in [0.05, 0.1) is 78.7 Å². The van der Waals surface area contributed by atoms with Crippen molar-refractivity contribution in [3.63, 3.8) is 0 Å². The monoisotopic (exact) mass is 1450 g/mol. The van der Waals surface area contributed by atoms with Gasteiger partial charge >= 0.3 is 5.97 Å². The van der Waals surface area contributed by atoms with Crippen LogP contribution in [-0.2, 0) is 9.53 Å². The standard InChI is InChI=1S/C97H132N4O6/c1-5-8-11-14-17-20-23-29-35-40-45-71-105-83-54-48-51-79(74-83)95-88-63-61-86(98-88)94(78-57-59-82(60-58-78)104-70-44-39-34-32-27-26-28-33-38-43-69-103-77(4)102)87-62-64-89(99-87)96(80-52-49-55-84(75-80)106-72-46-41-36-30-24-21-18-15-12-9-6-2)91-66-68-93(101-91)97(92-67-65-90(95)100-92)81-53-50-56-85(76-81)107-73-47-42-37-31-25-22-19-16-13-10-7-3/h48-68,74-76H,5-47,69-73H2,1-4H3. The molecule has 4 aromatic rings. The number of aliphatic imine (C=N–C) groups is 4. The van der Waals surface area contributed by atoms with E-state index in [9.17, 15) is 4.79 Å². The highest BCUT2D eigenvalue weighted by molar-refractivity contribution is 6.39. The topological polar surface area (TPSA) is 113 Å². The quantitative estimate of drug-likeness (QED) is 0.0321. The van der Waals surface area contributed by atoms with Crippen LogP contribution in [0, 0.1) is 0 Å². The van der Waals surface area contributed by atoms with E-state index >= 15 is 0 Å². The largest absolute Gasteiger partial charge is 0.494 e. The van der Waals surface area contributed by atoms with Crippen molar-refractivity contribution in [2.45, 2.75) is 304 Å². The van der Waals surface area contributed by atoms with E-state index in [1.807, 2.05) is 0 Å². The van der Waals surface area contributed by atoms with Crippen molar-refractivity contribution < 1.29 is 28.5 Å². The average Bonchev–Trinajstić information content (AvgIpc) is 1.62. The molecule has 0 saturated carbocycles. The Morgan fingerprint density at radius 3 is 0.748 bits per heavy atom. The number of esters is 1. The third-order valence-electron chi connectivity index (χ3n) is 21.3. The fraction of sp³-hybridized carbons (Fsp3) is 0.536. The van der Waals surface area contributed by atoms with Gasteiger partial charge in [0, 0.05) is 29.2 Å². The lowest BCUT2D eigenvalue weighted by molar-refractivity contribution is -0.141. The summed E-state index contributed by atoms with van der Waals surface area (Å²) in [6.07, 6.45) is 71.4. The maximum atomic E-state index is 11.1. The van der Waals surface area contributed by atoms with Gasteiger partial charge in [0.2, 0.25) is 0 Å². The highest BCUT2D eigenvalue weighted by Gasteiger charge is 2.29. The number of benzene rings is 4. The molecular formula is C97H132N4O6. The molecule has 0 saturated heterocycles. The summed E-state index contributed by atoms with van der Waals surface area (Å²) >= 11 is 0. The van der Waals surface area contributed by atoms with Gasteiger partial charge in [-0.05, 0) is 151 Å². The molecule has 4 aromatic carbocycles. The molecule has 5 aliphatic rings. The zero-order chi connectivity index (χ0) is 74.4. The zero-order valence-electron chi connectivity index (χ0n) is 66.5. The Bertz CT molecular complexity index is 3660. The Morgan fingerprint density at radius 1 is 0.252 bits per heavy atom. The van der Waals surface area contributed by atoms with Gasteiger partial charge in [-0.2, -0.15) is 0 Å². The van der Waals surface area contributed by atoms with E-state index in [2.05, 4.69) is 166 Å². The van der Waals surface area contributed by atoms with Gasteiger partial charge in [-0.25, -0.2) is 20.0 Å². The first-order valence-corrected chi connectivity index (χ1v) is 43.0. The third-order valence-corrected chi connectivity index (χ3v) is 21.3. The number of hydrogen-bond acceptors (Lipinski definition) is 10. The average molecular weight is 1450 g/mol. The van der Waals surface area contributed by atoms with Crippen LogP contribution in [-0.4, -0.2) is 61.9 Å². The van der Waals surface area contributed by atoms with Crippen molar-refractivity contribution in [3.05, 3.63) is 191 Å². The molecule has 10 heteroatoms. The number of carbonyl (C=O) groups excluding carboxylic acids is 1. The van der Waals surface area contributed by atoms with Crippen LogP contribution in [0.15, 0.2) is 188 Å². The summed E-state index contributed by atoms with van der Waals surface area (Å²) < 4.78 is 31.4. The summed E-state index contributed by atoms with van der Waals surface area (Å²) in [5, 5.41) is 0. The molecule has 5 heterocycles. The molecule has 8 bridgehead atoms. The normalized spacial score (nSPS) is 14.4. The molecule has 0 spiro atoms. The molecule has 10 nitrogen and oxygen atoms in total. The van der Waals surface area contributed by atoms with E-state index in [4.69, 9.17) is 43.7 Å². The lowest BCUT2D eigenvalue weighted by atomic mass is 9.98. The first kappa shape index (κ1) is 83.2. The van der Waals surface area contributed by atoms with Crippen LogP contribution in [0.25, 0.3) is 22.3 Å². The van der Waals surface area contributed by atoms with Crippen LogP contribution in [0.4, 0.5) is 0 Å². The minimum atomic E-state index is -0.188. The van der Waals surface area contributed by atoms with Crippen molar-refractivity contribution >= 4 is 51.1 Å². The Labute approximate surface area is 646 Å². The van der Waals surface area contributed by atoms with Crippen molar-refractivity contribution in [1.82, 2.24) is 0 Å². The van der Waals surface area contributed by atoms with E-state index in [0.717, 1.165) is 158 Å². The predicted octanol–water partition coefficient (Wildman–Crippen LogP) is 27.6. The number of rotatable bonds is 57. The number of unbranched alkanes of at least 4 members (excludes halogenated alkanes) is 39. The fourth-order valence-electron chi connectivity index (χ4n) is 15.1. The molecule has 9 rings (SSSR count). The van der Waals surface area contributed by atoms with Crippen LogP contribution in [0.1, 0.15) is 326 Å². The molecule has 107 heavy (non-hydrogen) atoms. The highest BCUT2D eigenvalue weighted by atomic mass is 16.5. The molecule has 0 aliphatic carbocycles. The molecule has 0 atom stereocenters. The summed E-state index contributed by atoms with van der Waals surface area (Å²) in [5.74, 6) is 3.17. The number of carbonyl (C=O) groups is 1.